The van der Waals surface area contributed by atoms with E-state index in [0.29, 0.717) is 13.0 Å². The molecule has 1 rings (SSSR count). The number of hydrogen-bond donors (Lipinski definition) is 0. The molecular formula is C12H23NO4S. The highest BCUT2D eigenvalue weighted by molar-refractivity contribution is 7.91. The summed E-state index contributed by atoms with van der Waals surface area (Å²) in [6.07, 6.45) is 3.57. The van der Waals surface area contributed by atoms with Gasteiger partial charge in [-0.25, -0.2) is 8.42 Å². The van der Waals surface area contributed by atoms with Crippen LogP contribution in [-0.4, -0.2) is 57.0 Å². The molecule has 0 aromatic heterocycles. The van der Waals surface area contributed by atoms with E-state index in [2.05, 4.69) is 0 Å². The smallest absolute Gasteiger partial charge is 0.307 e. The van der Waals surface area contributed by atoms with Crippen molar-refractivity contribution in [2.45, 2.75) is 43.4 Å². The molecule has 0 N–H and O–H groups in total. The molecule has 2 unspecified atom stereocenters. The lowest BCUT2D eigenvalue weighted by Gasteiger charge is -2.40. The van der Waals surface area contributed by atoms with Gasteiger partial charge in [0.2, 0.25) is 0 Å². The van der Waals surface area contributed by atoms with E-state index in [9.17, 15) is 13.2 Å². The second-order valence-corrected chi connectivity index (χ2v) is 7.42. The first-order chi connectivity index (χ1) is 8.24. The third-order valence-electron chi connectivity index (χ3n) is 3.84. The van der Waals surface area contributed by atoms with Crippen molar-refractivity contribution in [2.24, 2.45) is 0 Å². The maximum Gasteiger partial charge on any atom is 0.307 e. The minimum Gasteiger partial charge on any atom is -0.466 e. The summed E-state index contributed by atoms with van der Waals surface area (Å²) < 4.78 is 28.8. The Morgan fingerprint density at radius 3 is 2.50 bits per heavy atom. The Balaban J connectivity index is 3.03. The second kappa shape index (κ2) is 5.57. The van der Waals surface area contributed by atoms with Gasteiger partial charge in [-0.1, -0.05) is 6.42 Å². The van der Waals surface area contributed by atoms with Crippen molar-refractivity contribution in [1.82, 2.24) is 4.90 Å². The topological polar surface area (TPSA) is 63.7 Å². The third kappa shape index (κ3) is 3.03. The predicted octanol–water partition coefficient (Wildman–Crippen LogP) is 0.837. The molecule has 0 aromatic carbocycles. The number of carbonyl (C=O) groups is 1. The molecule has 5 nitrogen and oxygen atoms in total. The maximum absolute atomic E-state index is 11.9. The maximum atomic E-state index is 11.9. The van der Waals surface area contributed by atoms with E-state index >= 15 is 0 Å². The van der Waals surface area contributed by atoms with Gasteiger partial charge < -0.3 is 9.64 Å². The van der Waals surface area contributed by atoms with Crippen molar-refractivity contribution in [2.75, 3.05) is 27.0 Å². The summed E-state index contributed by atoms with van der Waals surface area (Å²) in [6, 6.07) is 0. The van der Waals surface area contributed by atoms with Gasteiger partial charge in [0.25, 0.3) is 0 Å². The summed E-state index contributed by atoms with van der Waals surface area (Å²) in [7, 11) is 0.507. The van der Waals surface area contributed by atoms with Crippen LogP contribution >= 0.6 is 0 Å². The number of sulfone groups is 1. The van der Waals surface area contributed by atoms with Crippen LogP contribution in [0.15, 0.2) is 0 Å². The van der Waals surface area contributed by atoms with Crippen LogP contribution in [0.4, 0.5) is 0 Å². The number of carbonyl (C=O) groups excluding carboxylic acids is 1. The zero-order chi connectivity index (χ0) is 14.0. The van der Waals surface area contributed by atoms with Gasteiger partial charge in [-0.05, 0) is 33.9 Å². The molecule has 0 amide bonds. The number of rotatable bonds is 5. The normalized spacial score (nSPS) is 28.6. The van der Waals surface area contributed by atoms with Crippen molar-refractivity contribution in [1.29, 1.82) is 0 Å². The highest BCUT2D eigenvalue weighted by Gasteiger charge is 2.51. The minimum atomic E-state index is -3.17. The Kier molecular flexibility index (Phi) is 4.78. The SMILES string of the molecule is CCOC(=O)CC1(N(C)C)CCCC1S(C)(=O)=O. The quantitative estimate of drug-likeness (QED) is 0.697. The molecule has 18 heavy (non-hydrogen) atoms. The van der Waals surface area contributed by atoms with Crippen LogP contribution < -0.4 is 0 Å². The van der Waals surface area contributed by atoms with Gasteiger partial charge in [-0.3, -0.25) is 4.79 Å². The summed E-state index contributed by atoms with van der Waals surface area (Å²) in [5.74, 6) is -0.318. The van der Waals surface area contributed by atoms with Gasteiger partial charge in [0.15, 0.2) is 9.84 Å². The van der Waals surface area contributed by atoms with Crippen LogP contribution in [0.5, 0.6) is 0 Å². The van der Waals surface area contributed by atoms with E-state index in [-0.39, 0.29) is 12.4 Å². The number of hydrogen-bond acceptors (Lipinski definition) is 5. The average Bonchev–Trinajstić information content (AvgIpc) is 2.62. The molecule has 2 atom stereocenters. The monoisotopic (exact) mass is 277 g/mol. The predicted molar refractivity (Wildman–Crippen MR) is 70.2 cm³/mol. The Morgan fingerprint density at radius 1 is 1.44 bits per heavy atom. The number of ether oxygens (including phenoxy) is 1. The van der Waals surface area contributed by atoms with E-state index in [1.54, 1.807) is 6.92 Å². The molecule has 0 spiro atoms. The van der Waals surface area contributed by atoms with Crippen LogP contribution in [0.2, 0.25) is 0 Å². The second-order valence-electron chi connectivity index (χ2n) is 5.19. The van der Waals surface area contributed by atoms with Gasteiger partial charge >= 0.3 is 5.97 Å². The first-order valence-corrected chi connectivity index (χ1v) is 8.21. The van der Waals surface area contributed by atoms with Crippen LogP contribution in [0.25, 0.3) is 0 Å². The lowest BCUT2D eigenvalue weighted by atomic mass is 9.91. The Labute approximate surface area is 109 Å². The molecule has 0 aromatic rings. The summed E-state index contributed by atoms with van der Waals surface area (Å²) in [4.78, 5) is 13.6. The zero-order valence-corrected chi connectivity index (χ0v) is 12.4. The summed E-state index contributed by atoms with van der Waals surface area (Å²) in [5, 5.41) is -0.482. The number of nitrogens with zero attached hydrogens (tertiary/aromatic N) is 1. The molecule has 0 aliphatic heterocycles. The Morgan fingerprint density at radius 2 is 2.06 bits per heavy atom. The van der Waals surface area contributed by atoms with Crippen molar-refractivity contribution in [3.8, 4) is 0 Å². The minimum absolute atomic E-state index is 0.144. The fraction of sp³-hybridized carbons (Fsp3) is 0.917. The molecule has 106 valence electrons. The van der Waals surface area contributed by atoms with E-state index < -0.39 is 20.6 Å². The summed E-state index contributed by atoms with van der Waals surface area (Å²) in [5.41, 5.74) is -0.611. The third-order valence-corrected chi connectivity index (χ3v) is 5.55. The molecule has 6 heteroatoms. The first kappa shape index (κ1) is 15.4. The van der Waals surface area contributed by atoms with Gasteiger partial charge in [0.1, 0.15) is 0 Å². The molecule has 0 saturated heterocycles. The number of esters is 1. The van der Waals surface area contributed by atoms with Gasteiger partial charge in [0, 0.05) is 11.8 Å². The zero-order valence-electron chi connectivity index (χ0n) is 11.6. The van der Waals surface area contributed by atoms with E-state index in [1.807, 2.05) is 19.0 Å². The molecule has 1 fully saturated rings. The van der Waals surface area contributed by atoms with Crippen LogP contribution in [-0.2, 0) is 19.4 Å². The largest absolute Gasteiger partial charge is 0.466 e. The standard InChI is InChI=1S/C12H23NO4S/c1-5-17-11(14)9-12(13(2)3)8-6-7-10(12)18(4,15)16/h10H,5-9H2,1-4H3. The highest BCUT2D eigenvalue weighted by atomic mass is 32.2. The van der Waals surface area contributed by atoms with Crippen LogP contribution in [0.1, 0.15) is 32.6 Å². The summed E-state index contributed by atoms with van der Waals surface area (Å²) >= 11 is 0. The summed E-state index contributed by atoms with van der Waals surface area (Å²) in [6.45, 7) is 2.08. The van der Waals surface area contributed by atoms with E-state index in [1.165, 1.54) is 6.26 Å². The first-order valence-electron chi connectivity index (χ1n) is 6.26. The van der Waals surface area contributed by atoms with Gasteiger partial charge in [-0.2, -0.15) is 0 Å². The molecule has 1 aliphatic rings. The fourth-order valence-corrected chi connectivity index (χ4v) is 4.77. The van der Waals surface area contributed by atoms with Crippen molar-refractivity contribution in [3.63, 3.8) is 0 Å². The Bertz CT molecular complexity index is 404. The Hall–Kier alpha value is -0.620. The fourth-order valence-electron chi connectivity index (χ4n) is 2.97. The molecule has 1 aliphatic carbocycles. The average molecular weight is 277 g/mol. The van der Waals surface area contributed by atoms with E-state index in [4.69, 9.17) is 4.74 Å². The molecule has 1 saturated carbocycles. The van der Waals surface area contributed by atoms with Crippen molar-refractivity contribution in [3.05, 3.63) is 0 Å². The molecular weight excluding hydrogens is 254 g/mol. The van der Waals surface area contributed by atoms with Crippen molar-refractivity contribution >= 4 is 15.8 Å². The van der Waals surface area contributed by atoms with Crippen molar-refractivity contribution < 1.29 is 17.9 Å². The van der Waals surface area contributed by atoms with Gasteiger partial charge in [0.05, 0.1) is 18.3 Å². The molecule has 0 bridgehead atoms. The van der Waals surface area contributed by atoms with Crippen LogP contribution in [0, 0.1) is 0 Å². The highest BCUT2D eigenvalue weighted by Crippen LogP contribution is 2.41. The van der Waals surface area contributed by atoms with Gasteiger partial charge in [-0.15, -0.1) is 0 Å². The molecule has 0 heterocycles. The molecule has 0 radical (unpaired) electrons. The lowest BCUT2D eigenvalue weighted by molar-refractivity contribution is -0.146. The van der Waals surface area contributed by atoms with Crippen LogP contribution in [0.3, 0.4) is 0 Å². The van der Waals surface area contributed by atoms with E-state index in [0.717, 1.165) is 12.8 Å². The lowest BCUT2D eigenvalue weighted by Crippen LogP contribution is -2.54.